The van der Waals surface area contributed by atoms with Crippen molar-refractivity contribution >= 4 is 51.6 Å². The summed E-state index contributed by atoms with van der Waals surface area (Å²) in [5.74, 6) is 0.796. The van der Waals surface area contributed by atoms with Gasteiger partial charge in [0.25, 0.3) is 11.1 Å². The van der Waals surface area contributed by atoms with E-state index in [0.717, 1.165) is 32.0 Å². The summed E-state index contributed by atoms with van der Waals surface area (Å²) in [5, 5.41) is 8.99. The van der Waals surface area contributed by atoms with E-state index in [2.05, 4.69) is 35.2 Å². The summed E-state index contributed by atoms with van der Waals surface area (Å²) in [6, 6.07) is 20.9. The third kappa shape index (κ3) is 6.47. The lowest BCUT2D eigenvalue weighted by molar-refractivity contribution is -0.123. The zero-order valence-corrected chi connectivity index (χ0v) is 23.8. The number of benzene rings is 3. The lowest BCUT2D eigenvalue weighted by Crippen LogP contribution is -2.27. The number of nitriles is 1. The number of imide groups is 1. The molecule has 0 saturated carbocycles. The minimum absolute atomic E-state index is 0.0446. The van der Waals surface area contributed by atoms with Gasteiger partial charge < -0.3 is 9.47 Å². The number of carbonyl (C=O) groups is 2. The molecule has 38 heavy (non-hydrogen) atoms. The molecular weight excluding hydrogens is 611 g/mol. The predicted octanol–water partition coefficient (Wildman–Crippen LogP) is 7.11. The molecule has 4 rings (SSSR count). The molecule has 3 aromatic rings. The van der Waals surface area contributed by atoms with Crippen molar-refractivity contribution in [1.82, 2.24) is 4.90 Å². The molecule has 0 unspecified atom stereocenters. The van der Waals surface area contributed by atoms with Crippen LogP contribution in [0.3, 0.4) is 0 Å². The number of ether oxygens (including phenoxy) is 2. The fraction of sp³-hybridized carbons (Fsp3) is 0.167. The van der Waals surface area contributed by atoms with Gasteiger partial charge >= 0.3 is 0 Å². The molecule has 0 spiro atoms. The van der Waals surface area contributed by atoms with E-state index in [-0.39, 0.29) is 11.8 Å². The number of carbonyl (C=O) groups excluding carboxylic acids is 2. The Hall–Kier alpha value is -3.55. The zero-order valence-electron chi connectivity index (χ0n) is 20.8. The predicted molar refractivity (Wildman–Crippen MR) is 158 cm³/mol. The Morgan fingerprint density at radius 2 is 1.84 bits per heavy atom. The summed E-state index contributed by atoms with van der Waals surface area (Å²) in [4.78, 5) is 27.3. The highest BCUT2D eigenvalue weighted by molar-refractivity contribution is 14.1. The van der Waals surface area contributed by atoms with Gasteiger partial charge in [0.1, 0.15) is 6.61 Å². The quantitative estimate of drug-likeness (QED) is 0.134. The number of rotatable bonds is 10. The molecule has 6 nitrogen and oxygen atoms in total. The van der Waals surface area contributed by atoms with Crippen molar-refractivity contribution in [2.24, 2.45) is 0 Å². The van der Waals surface area contributed by atoms with Gasteiger partial charge in [-0.1, -0.05) is 36.4 Å². The van der Waals surface area contributed by atoms with Crippen LogP contribution in [-0.2, 0) is 24.4 Å². The molecule has 1 aliphatic heterocycles. The van der Waals surface area contributed by atoms with Gasteiger partial charge in [-0.2, -0.15) is 5.26 Å². The number of hydrogen-bond acceptors (Lipinski definition) is 6. The maximum Gasteiger partial charge on any atom is 0.293 e. The molecule has 1 fully saturated rings. The first kappa shape index (κ1) is 27.5. The summed E-state index contributed by atoms with van der Waals surface area (Å²) in [5.41, 5.74) is 3.68. The first-order chi connectivity index (χ1) is 18.4. The summed E-state index contributed by atoms with van der Waals surface area (Å²) in [6.07, 6.45) is 4.02. The average molecular weight is 637 g/mol. The van der Waals surface area contributed by atoms with Crippen molar-refractivity contribution in [3.05, 3.63) is 110 Å². The Morgan fingerprint density at radius 1 is 1.08 bits per heavy atom. The molecule has 2 amide bonds. The summed E-state index contributed by atoms with van der Waals surface area (Å²) < 4.78 is 13.3. The normalized spacial score (nSPS) is 14.0. The Labute approximate surface area is 240 Å². The standard InChI is InChI=1S/C30H25IN2O4S/c1-3-7-22-14-21(15-26(36-4-2)28(22)37-19-20-10-12-25(31)13-11-20)16-27-29(34)33(30(35)38-27)18-24-9-6-5-8-23(24)17-32/h3,5-6,8-16H,1,4,7,18-19H2,2H3/b27-16+. The van der Waals surface area contributed by atoms with Gasteiger partial charge in [-0.3, -0.25) is 14.5 Å². The second-order valence-electron chi connectivity index (χ2n) is 8.39. The van der Waals surface area contributed by atoms with E-state index in [4.69, 9.17) is 9.47 Å². The Bertz CT molecular complexity index is 1440. The fourth-order valence-electron chi connectivity index (χ4n) is 3.96. The van der Waals surface area contributed by atoms with Crippen LogP contribution in [0.2, 0.25) is 0 Å². The summed E-state index contributed by atoms with van der Waals surface area (Å²) >= 11 is 3.15. The van der Waals surface area contributed by atoms with E-state index in [9.17, 15) is 14.9 Å². The van der Waals surface area contributed by atoms with Crippen molar-refractivity contribution in [2.75, 3.05) is 6.61 Å². The molecule has 0 aliphatic carbocycles. The number of amides is 2. The van der Waals surface area contributed by atoms with Crippen molar-refractivity contribution in [3.8, 4) is 17.6 Å². The van der Waals surface area contributed by atoms with Gasteiger partial charge in [-0.05, 0) is 101 Å². The van der Waals surface area contributed by atoms with E-state index in [0.29, 0.717) is 47.2 Å². The molecule has 0 radical (unpaired) electrons. The minimum atomic E-state index is -0.394. The number of thioether (sulfide) groups is 1. The van der Waals surface area contributed by atoms with E-state index < -0.39 is 5.91 Å². The van der Waals surface area contributed by atoms with Crippen molar-refractivity contribution in [1.29, 1.82) is 5.26 Å². The van der Waals surface area contributed by atoms with Crippen LogP contribution < -0.4 is 9.47 Å². The molecule has 0 bridgehead atoms. The zero-order chi connectivity index (χ0) is 27.1. The first-order valence-corrected chi connectivity index (χ1v) is 13.8. The molecule has 0 N–H and O–H groups in total. The third-order valence-electron chi connectivity index (χ3n) is 5.75. The Balaban J connectivity index is 1.62. The molecule has 1 heterocycles. The Morgan fingerprint density at radius 3 is 2.55 bits per heavy atom. The van der Waals surface area contributed by atoms with Crippen molar-refractivity contribution < 1.29 is 19.1 Å². The lowest BCUT2D eigenvalue weighted by atomic mass is 10.0. The second-order valence-corrected chi connectivity index (χ2v) is 10.6. The topological polar surface area (TPSA) is 79.6 Å². The second kappa shape index (κ2) is 12.8. The summed E-state index contributed by atoms with van der Waals surface area (Å²) in [6.45, 7) is 6.63. The van der Waals surface area contributed by atoms with E-state index in [1.165, 1.54) is 4.90 Å². The van der Waals surface area contributed by atoms with Crippen LogP contribution in [0.5, 0.6) is 11.5 Å². The maximum absolute atomic E-state index is 13.2. The largest absolute Gasteiger partial charge is 0.490 e. The van der Waals surface area contributed by atoms with Crippen LogP contribution in [0.1, 0.15) is 34.7 Å². The van der Waals surface area contributed by atoms with Crippen LogP contribution in [0.15, 0.2) is 78.2 Å². The number of nitrogens with zero attached hydrogens (tertiary/aromatic N) is 2. The SMILES string of the molecule is C=CCc1cc(/C=C2/SC(=O)N(Cc3ccccc3C#N)C2=O)cc(OCC)c1OCc1ccc(I)cc1. The molecule has 8 heteroatoms. The monoisotopic (exact) mass is 636 g/mol. The van der Waals surface area contributed by atoms with Gasteiger partial charge in [0.2, 0.25) is 0 Å². The highest BCUT2D eigenvalue weighted by Crippen LogP contribution is 2.38. The molecule has 0 atom stereocenters. The van der Waals surface area contributed by atoms with E-state index >= 15 is 0 Å². The van der Waals surface area contributed by atoms with Gasteiger partial charge in [0.15, 0.2) is 11.5 Å². The number of halogens is 1. The Kier molecular flexibility index (Phi) is 9.26. The van der Waals surface area contributed by atoms with E-state index in [1.807, 2.05) is 43.3 Å². The minimum Gasteiger partial charge on any atom is -0.490 e. The lowest BCUT2D eigenvalue weighted by Gasteiger charge is -2.17. The van der Waals surface area contributed by atoms with Gasteiger partial charge in [-0.15, -0.1) is 6.58 Å². The van der Waals surface area contributed by atoms with Crippen molar-refractivity contribution in [3.63, 3.8) is 0 Å². The third-order valence-corrected chi connectivity index (χ3v) is 7.38. The average Bonchev–Trinajstić information content (AvgIpc) is 3.17. The fourth-order valence-corrected chi connectivity index (χ4v) is 5.16. The number of allylic oxidation sites excluding steroid dienone is 1. The highest BCUT2D eigenvalue weighted by Gasteiger charge is 2.35. The highest BCUT2D eigenvalue weighted by atomic mass is 127. The van der Waals surface area contributed by atoms with Gasteiger partial charge in [0.05, 0.1) is 29.7 Å². The first-order valence-electron chi connectivity index (χ1n) is 11.9. The van der Waals surface area contributed by atoms with Gasteiger partial charge in [-0.25, -0.2) is 0 Å². The van der Waals surface area contributed by atoms with Crippen LogP contribution >= 0.6 is 34.4 Å². The van der Waals surface area contributed by atoms with Crippen LogP contribution in [0, 0.1) is 14.9 Å². The van der Waals surface area contributed by atoms with Crippen LogP contribution in [0.4, 0.5) is 4.79 Å². The summed E-state index contributed by atoms with van der Waals surface area (Å²) in [7, 11) is 0. The van der Waals surface area contributed by atoms with Crippen LogP contribution in [-0.4, -0.2) is 22.7 Å². The van der Waals surface area contributed by atoms with Gasteiger partial charge in [0, 0.05) is 9.13 Å². The van der Waals surface area contributed by atoms with Crippen LogP contribution in [0.25, 0.3) is 6.08 Å². The van der Waals surface area contributed by atoms with E-state index in [1.54, 1.807) is 36.4 Å². The molecule has 0 aromatic heterocycles. The number of hydrogen-bond donors (Lipinski definition) is 0. The molecule has 3 aromatic carbocycles. The molecule has 1 saturated heterocycles. The maximum atomic E-state index is 13.2. The van der Waals surface area contributed by atoms with Crippen molar-refractivity contribution in [2.45, 2.75) is 26.5 Å². The molecule has 1 aliphatic rings. The molecule has 192 valence electrons. The smallest absolute Gasteiger partial charge is 0.293 e. The molecular formula is C30H25IN2O4S.